The summed E-state index contributed by atoms with van der Waals surface area (Å²) in [5.41, 5.74) is 9.71. The van der Waals surface area contributed by atoms with Gasteiger partial charge in [0.25, 0.3) is 0 Å². The highest BCUT2D eigenvalue weighted by atomic mass is 16.4. The zero-order valence-corrected chi connectivity index (χ0v) is 33.1. The number of hydrogen-bond acceptors (Lipinski definition) is 6. The SMILES string of the molecule is CCCCCC1C=CC(CCCCCC(C(=O)O)C(O)CCC2(O)CC(Cc3ccnc(N)c3)CC2Cc2cc3c([n-]2)CCC(C(C)C)C3C)C(O)C1. The summed E-state index contributed by atoms with van der Waals surface area (Å²) in [5.74, 6) is 1.26. The van der Waals surface area contributed by atoms with Crippen LogP contribution in [0.15, 0.2) is 36.5 Å². The van der Waals surface area contributed by atoms with Gasteiger partial charge in [-0.3, -0.25) is 4.79 Å². The van der Waals surface area contributed by atoms with Crippen molar-refractivity contribution in [1.82, 2.24) is 9.97 Å². The molecular weight excluding hydrogens is 663 g/mol. The van der Waals surface area contributed by atoms with E-state index < -0.39 is 23.6 Å². The fourth-order valence-corrected chi connectivity index (χ4v) is 10.4. The van der Waals surface area contributed by atoms with Crippen molar-refractivity contribution >= 4 is 11.8 Å². The summed E-state index contributed by atoms with van der Waals surface area (Å²) in [6.45, 7) is 9.17. The normalized spacial score (nSPS) is 29.7. The van der Waals surface area contributed by atoms with Crippen molar-refractivity contribution in [3.05, 3.63) is 59.1 Å². The van der Waals surface area contributed by atoms with Crippen molar-refractivity contribution in [3.8, 4) is 0 Å². The van der Waals surface area contributed by atoms with E-state index in [1.807, 2.05) is 12.1 Å². The molecule has 0 saturated heterocycles. The summed E-state index contributed by atoms with van der Waals surface area (Å²) >= 11 is 0. The van der Waals surface area contributed by atoms with Gasteiger partial charge in [-0.1, -0.05) is 90.0 Å². The molecule has 1 saturated carbocycles. The number of carboxylic acids is 1. The lowest BCUT2D eigenvalue weighted by Crippen LogP contribution is -2.37. The van der Waals surface area contributed by atoms with Crippen molar-refractivity contribution in [3.63, 3.8) is 0 Å². The third-order valence-corrected chi connectivity index (χ3v) is 13.5. The quantitative estimate of drug-likeness (QED) is 0.0673. The first kappa shape index (κ1) is 41.5. The van der Waals surface area contributed by atoms with Gasteiger partial charge in [0.15, 0.2) is 0 Å². The fraction of sp³-hybridized carbons (Fsp3) is 0.733. The van der Waals surface area contributed by atoms with Crippen LogP contribution in [0.2, 0.25) is 0 Å². The smallest absolute Gasteiger partial charge is 0.309 e. The van der Waals surface area contributed by atoms with Crippen LogP contribution < -0.4 is 10.7 Å². The van der Waals surface area contributed by atoms with Gasteiger partial charge in [-0.2, -0.15) is 11.4 Å². The van der Waals surface area contributed by atoms with E-state index in [1.165, 1.54) is 30.5 Å². The minimum absolute atomic E-state index is 0.0366. The van der Waals surface area contributed by atoms with E-state index in [1.54, 1.807) is 6.20 Å². The van der Waals surface area contributed by atoms with Gasteiger partial charge in [0.2, 0.25) is 0 Å². The van der Waals surface area contributed by atoms with Crippen LogP contribution in [0.5, 0.6) is 0 Å². The number of allylic oxidation sites excluding steroid dienone is 1. The van der Waals surface area contributed by atoms with Crippen LogP contribution in [-0.4, -0.2) is 49.2 Å². The Morgan fingerprint density at radius 3 is 2.57 bits per heavy atom. The molecular formula is C45H70N3O5-. The third kappa shape index (κ3) is 11.2. The number of nitrogens with zero attached hydrogens (tertiary/aromatic N) is 2. The molecule has 0 aliphatic heterocycles. The van der Waals surface area contributed by atoms with Gasteiger partial charge in [0.1, 0.15) is 5.82 Å². The molecule has 0 amide bonds. The molecule has 10 unspecified atom stereocenters. The Hall–Kier alpha value is -2.68. The van der Waals surface area contributed by atoms with E-state index in [4.69, 9.17) is 10.7 Å². The maximum Gasteiger partial charge on any atom is 0.309 e. The average molecular weight is 733 g/mol. The topological polar surface area (TPSA) is 151 Å². The lowest BCUT2D eigenvalue weighted by molar-refractivity contribution is -0.146. The van der Waals surface area contributed by atoms with E-state index in [0.717, 1.165) is 69.0 Å². The van der Waals surface area contributed by atoms with Crippen LogP contribution in [0.25, 0.3) is 0 Å². The lowest BCUT2D eigenvalue weighted by atomic mass is 9.73. The number of aliphatic hydroxyl groups excluding tert-OH is 2. The van der Waals surface area contributed by atoms with Crippen LogP contribution in [0.1, 0.15) is 152 Å². The van der Waals surface area contributed by atoms with E-state index in [2.05, 4.69) is 50.9 Å². The Bertz CT molecular complexity index is 1470. The first-order valence-corrected chi connectivity index (χ1v) is 21.2. The zero-order valence-electron chi connectivity index (χ0n) is 33.1. The van der Waals surface area contributed by atoms with Gasteiger partial charge in [-0.05, 0) is 130 Å². The van der Waals surface area contributed by atoms with Crippen LogP contribution in [0.4, 0.5) is 5.82 Å². The number of nitrogen functional groups attached to an aromatic ring is 1. The largest absolute Gasteiger partial charge is 0.664 e. The molecule has 0 aromatic carbocycles. The number of aryl methyl sites for hydroxylation is 1. The number of unbranched alkanes of at least 4 members (excludes halogenated alkanes) is 4. The molecule has 8 heteroatoms. The number of aliphatic hydroxyl groups is 3. The number of pyridine rings is 1. The first-order valence-electron chi connectivity index (χ1n) is 21.2. The van der Waals surface area contributed by atoms with Gasteiger partial charge < -0.3 is 31.1 Å². The highest BCUT2D eigenvalue weighted by molar-refractivity contribution is 5.70. The molecule has 10 atom stereocenters. The molecule has 3 aliphatic rings. The number of carbonyl (C=O) groups is 1. The van der Waals surface area contributed by atoms with Gasteiger partial charge >= 0.3 is 5.97 Å². The minimum atomic E-state index is -1.03. The summed E-state index contributed by atoms with van der Waals surface area (Å²) in [6, 6.07) is 6.19. The number of hydrogen-bond donors (Lipinski definition) is 5. The molecule has 0 bridgehead atoms. The second kappa shape index (κ2) is 19.3. The molecule has 296 valence electrons. The second-order valence-corrected chi connectivity index (χ2v) is 17.8. The summed E-state index contributed by atoms with van der Waals surface area (Å²) < 4.78 is 0. The minimum Gasteiger partial charge on any atom is -0.664 e. The lowest BCUT2D eigenvalue weighted by Gasteiger charge is -2.35. The summed E-state index contributed by atoms with van der Waals surface area (Å²) in [6.07, 6.45) is 20.1. The molecule has 3 aliphatic carbocycles. The molecule has 2 heterocycles. The Labute approximate surface area is 319 Å². The molecule has 5 rings (SSSR count). The van der Waals surface area contributed by atoms with E-state index in [9.17, 15) is 25.2 Å². The standard InChI is InChI=1S/C45H70N3O5/c1-5-6-8-11-31-14-15-34(42(50)24-31)12-9-7-10-13-38(44(51)52)41(49)18-20-45(53)28-33(22-32-19-21-47-43(46)25-32)23-35(45)26-36-27-39-30(4)37(29(2)3)16-17-40(39)48-36/h14-15,19,21,25,27,29-31,33-35,37-38,41-42,49-50,53H,5-13,16-18,20,22-24,26,28H2,1-4H3,(H2,46,47)(H,51,52)/q-1. The number of anilines is 1. The fourth-order valence-electron chi connectivity index (χ4n) is 10.4. The van der Waals surface area contributed by atoms with Crippen LogP contribution in [0.3, 0.4) is 0 Å². The summed E-state index contributed by atoms with van der Waals surface area (Å²) in [4.78, 5) is 21.6. The number of rotatable bonds is 20. The highest BCUT2D eigenvalue weighted by Crippen LogP contribution is 2.47. The maximum absolute atomic E-state index is 12.4. The average Bonchev–Trinajstić information content (AvgIpc) is 3.66. The van der Waals surface area contributed by atoms with Crippen molar-refractivity contribution in [2.24, 2.45) is 41.4 Å². The number of fused-ring (bicyclic) bond motifs is 1. The number of carboxylic acid groups (broad SMARTS) is 1. The molecule has 2 aromatic rings. The molecule has 0 radical (unpaired) electrons. The van der Waals surface area contributed by atoms with Crippen molar-refractivity contribution in [1.29, 1.82) is 0 Å². The Morgan fingerprint density at radius 1 is 1.06 bits per heavy atom. The molecule has 1 fully saturated rings. The molecule has 0 spiro atoms. The Balaban J connectivity index is 1.16. The van der Waals surface area contributed by atoms with Gasteiger partial charge in [-0.15, -0.1) is 0 Å². The van der Waals surface area contributed by atoms with E-state index in [0.29, 0.717) is 61.6 Å². The number of nitrogens with two attached hydrogens (primary N) is 1. The third-order valence-electron chi connectivity index (χ3n) is 13.5. The predicted molar refractivity (Wildman–Crippen MR) is 212 cm³/mol. The van der Waals surface area contributed by atoms with Crippen LogP contribution in [0, 0.1) is 41.4 Å². The van der Waals surface area contributed by atoms with Crippen molar-refractivity contribution in [2.45, 2.75) is 167 Å². The highest BCUT2D eigenvalue weighted by Gasteiger charge is 2.46. The van der Waals surface area contributed by atoms with Crippen LogP contribution >= 0.6 is 0 Å². The predicted octanol–water partition coefficient (Wildman–Crippen LogP) is 8.41. The number of aliphatic carboxylic acids is 1. The van der Waals surface area contributed by atoms with Gasteiger partial charge in [-0.25, -0.2) is 4.98 Å². The Morgan fingerprint density at radius 2 is 1.85 bits per heavy atom. The Kier molecular flexibility index (Phi) is 15.1. The van der Waals surface area contributed by atoms with E-state index >= 15 is 0 Å². The van der Waals surface area contributed by atoms with Crippen molar-refractivity contribution < 1.29 is 25.2 Å². The summed E-state index contributed by atoms with van der Waals surface area (Å²) in [7, 11) is 0. The molecule has 6 N–H and O–H groups in total. The summed E-state index contributed by atoms with van der Waals surface area (Å²) in [5, 5.41) is 44.5. The van der Waals surface area contributed by atoms with Gasteiger partial charge in [0.05, 0.1) is 23.7 Å². The van der Waals surface area contributed by atoms with E-state index in [-0.39, 0.29) is 30.3 Å². The molecule has 2 aromatic heterocycles. The van der Waals surface area contributed by atoms with Crippen molar-refractivity contribution in [2.75, 3.05) is 5.73 Å². The second-order valence-electron chi connectivity index (χ2n) is 17.8. The number of aromatic nitrogens is 2. The zero-order chi connectivity index (χ0) is 38.1. The van der Waals surface area contributed by atoms with Crippen LogP contribution in [-0.2, 0) is 24.1 Å². The molecule has 53 heavy (non-hydrogen) atoms. The maximum atomic E-state index is 12.4. The molecule has 8 nitrogen and oxygen atoms in total. The van der Waals surface area contributed by atoms with Gasteiger partial charge in [0, 0.05) is 12.1 Å². The monoisotopic (exact) mass is 733 g/mol. The first-order chi connectivity index (χ1) is 25.4.